The van der Waals surface area contributed by atoms with Gasteiger partial charge in [0.1, 0.15) is 16.5 Å². The number of ether oxygens (including phenoxy) is 1. The van der Waals surface area contributed by atoms with Crippen molar-refractivity contribution in [2.24, 2.45) is 0 Å². The van der Waals surface area contributed by atoms with E-state index in [-0.39, 0.29) is 5.60 Å². The van der Waals surface area contributed by atoms with Crippen molar-refractivity contribution in [3.8, 4) is 11.8 Å². The molecule has 1 saturated carbocycles. The van der Waals surface area contributed by atoms with Crippen molar-refractivity contribution in [1.29, 1.82) is 5.26 Å². The summed E-state index contributed by atoms with van der Waals surface area (Å²) in [5.41, 5.74) is 2.23. The molecule has 3 nitrogen and oxygen atoms in total. The van der Waals surface area contributed by atoms with Gasteiger partial charge in [-0.2, -0.15) is 5.26 Å². The zero-order valence-corrected chi connectivity index (χ0v) is 10.2. The lowest BCUT2D eigenvalue weighted by Gasteiger charge is -2.16. The van der Waals surface area contributed by atoms with Gasteiger partial charge in [-0.15, -0.1) is 0 Å². The maximum absolute atomic E-state index is 9.09. The third kappa shape index (κ3) is 1.79. The lowest BCUT2D eigenvalue weighted by Crippen LogP contribution is -2.13. The minimum Gasteiger partial charge on any atom is -0.487 e. The van der Waals surface area contributed by atoms with Crippen LogP contribution in [0.4, 0.5) is 0 Å². The molecular weight excluding hydrogens is 236 g/mol. The summed E-state index contributed by atoms with van der Waals surface area (Å²) in [5, 5.41) is 9.51. The second kappa shape index (κ2) is 3.48. The number of nitriles is 1. The zero-order valence-electron chi connectivity index (χ0n) is 9.46. The minimum atomic E-state index is -0.0817. The van der Waals surface area contributed by atoms with Gasteiger partial charge in [-0.05, 0) is 19.8 Å². The summed E-state index contributed by atoms with van der Waals surface area (Å²) < 4.78 is 5.95. The van der Waals surface area contributed by atoms with Crippen molar-refractivity contribution in [3.63, 3.8) is 0 Å². The Kier molecular flexibility index (Phi) is 2.17. The number of aromatic nitrogens is 1. The molecule has 17 heavy (non-hydrogen) atoms. The molecule has 86 valence electrons. The molecule has 2 aliphatic rings. The van der Waals surface area contributed by atoms with E-state index in [1.54, 1.807) is 6.07 Å². The minimum absolute atomic E-state index is 0.0817. The first-order chi connectivity index (χ1) is 8.11. The summed E-state index contributed by atoms with van der Waals surface area (Å²) in [6.45, 7) is 2.07. The number of allylic oxidation sites excluding steroid dienone is 2. The topological polar surface area (TPSA) is 45.9 Å². The van der Waals surface area contributed by atoms with Crippen LogP contribution >= 0.6 is 11.6 Å². The maximum Gasteiger partial charge on any atom is 0.133 e. The first kappa shape index (κ1) is 10.6. The highest BCUT2D eigenvalue weighted by molar-refractivity contribution is 6.29. The summed E-state index contributed by atoms with van der Waals surface area (Å²) in [4.78, 5) is 4.25. The van der Waals surface area contributed by atoms with Gasteiger partial charge in [-0.25, -0.2) is 4.98 Å². The van der Waals surface area contributed by atoms with E-state index in [0.29, 0.717) is 22.9 Å². The van der Waals surface area contributed by atoms with Gasteiger partial charge in [0.15, 0.2) is 0 Å². The van der Waals surface area contributed by atoms with Crippen LogP contribution in [0.3, 0.4) is 0 Å². The zero-order chi connectivity index (χ0) is 12.0. The van der Waals surface area contributed by atoms with Crippen molar-refractivity contribution < 1.29 is 4.74 Å². The average molecular weight is 247 g/mol. The Morgan fingerprint density at radius 1 is 1.53 bits per heavy atom. The summed E-state index contributed by atoms with van der Waals surface area (Å²) >= 11 is 5.97. The second-order valence-electron chi connectivity index (χ2n) is 4.75. The quantitative estimate of drug-likeness (QED) is 0.753. The van der Waals surface area contributed by atoms with Crippen LogP contribution < -0.4 is 4.74 Å². The Bertz CT molecular complexity index is 568. The van der Waals surface area contributed by atoms with Gasteiger partial charge in [-0.1, -0.05) is 17.7 Å². The van der Waals surface area contributed by atoms with Crippen molar-refractivity contribution in [1.82, 2.24) is 4.98 Å². The van der Waals surface area contributed by atoms with E-state index >= 15 is 0 Å². The van der Waals surface area contributed by atoms with Crippen LogP contribution in [0.25, 0.3) is 5.57 Å². The Morgan fingerprint density at radius 3 is 2.94 bits per heavy atom. The van der Waals surface area contributed by atoms with Crippen LogP contribution in [0.1, 0.15) is 31.0 Å². The van der Waals surface area contributed by atoms with E-state index in [2.05, 4.69) is 18.0 Å². The molecular formula is C13H11ClN2O. The number of fused-ring (bicyclic) bond motifs is 1. The van der Waals surface area contributed by atoms with Gasteiger partial charge in [-0.3, -0.25) is 0 Å². The first-order valence-electron chi connectivity index (χ1n) is 5.60. The smallest absolute Gasteiger partial charge is 0.133 e. The largest absolute Gasteiger partial charge is 0.487 e. The highest BCUT2D eigenvalue weighted by atomic mass is 35.5. The molecule has 0 spiro atoms. The van der Waals surface area contributed by atoms with Gasteiger partial charge in [0.05, 0.1) is 22.9 Å². The lowest BCUT2D eigenvalue weighted by molar-refractivity contribution is 0.199. The van der Waals surface area contributed by atoms with E-state index < -0.39 is 0 Å². The number of rotatable bonds is 2. The van der Waals surface area contributed by atoms with Crippen LogP contribution in [-0.4, -0.2) is 10.6 Å². The van der Waals surface area contributed by atoms with Crippen LogP contribution in [0.5, 0.6) is 5.75 Å². The fourth-order valence-electron chi connectivity index (χ4n) is 2.00. The Hall–Kier alpha value is -1.53. The Morgan fingerprint density at radius 2 is 2.29 bits per heavy atom. The average Bonchev–Trinajstić information content (AvgIpc) is 2.86. The summed E-state index contributed by atoms with van der Waals surface area (Å²) in [6, 6.07) is 3.89. The molecule has 0 aliphatic heterocycles. The number of hydrogen-bond acceptors (Lipinski definition) is 3. The molecule has 0 radical (unpaired) electrons. The molecule has 0 amide bonds. The number of hydrogen-bond donors (Lipinski definition) is 0. The molecule has 2 aliphatic carbocycles. The van der Waals surface area contributed by atoms with E-state index in [1.807, 2.05) is 6.08 Å². The third-order valence-corrected chi connectivity index (χ3v) is 3.42. The van der Waals surface area contributed by atoms with Crippen molar-refractivity contribution in [3.05, 3.63) is 28.6 Å². The van der Waals surface area contributed by atoms with Crippen molar-refractivity contribution >= 4 is 17.2 Å². The Balaban J connectivity index is 2.08. The highest BCUT2D eigenvalue weighted by Crippen LogP contribution is 2.44. The molecule has 0 saturated heterocycles. The summed E-state index contributed by atoms with van der Waals surface area (Å²) in [5.74, 6) is 0.699. The normalized spacial score (nSPS) is 19.2. The molecule has 1 fully saturated rings. The fourth-order valence-corrected chi connectivity index (χ4v) is 2.20. The third-order valence-electron chi connectivity index (χ3n) is 3.23. The molecule has 0 N–H and O–H groups in total. The highest BCUT2D eigenvalue weighted by Gasteiger charge is 2.41. The van der Waals surface area contributed by atoms with Crippen LogP contribution in [0.15, 0.2) is 12.1 Å². The Labute approximate surface area is 105 Å². The fraction of sp³-hybridized carbons (Fsp3) is 0.385. The molecule has 0 aromatic carbocycles. The molecule has 3 rings (SSSR count). The number of pyridine rings is 1. The molecule has 0 bridgehead atoms. The van der Waals surface area contributed by atoms with Gasteiger partial charge in [0.25, 0.3) is 0 Å². The van der Waals surface area contributed by atoms with E-state index in [4.69, 9.17) is 21.6 Å². The van der Waals surface area contributed by atoms with Crippen LogP contribution in [-0.2, 0) is 6.42 Å². The summed E-state index contributed by atoms with van der Waals surface area (Å²) in [7, 11) is 0. The number of nitrogens with zero attached hydrogens (tertiary/aromatic N) is 2. The van der Waals surface area contributed by atoms with Gasteiger partial charge in [0, 0.05) is 12.5 Å². The van der Waals surface area contributed by atoms with Crippen molar-refractivity contribution in [2.75, 3.05) is 0 Å². The van der Waals surface area contributed by atoms with Gasteiger partial charge < -0.3 is 4.74 Å². The van der Waals surface area contributed by atoms with Crippen molar-refractivity contribution in [2.45, 2.75) is 31.8 Å². The van der Waals surface area contributed by atoms with Gasteiger partial charge >= 0.3 is 0 Å². The number of halogens is 1. The van der Waals surface area contributed by atoms with E-state index in [0.717, 1.165) is 24.1 Å². The lowest BCUT2D eigenvalue weighted by atomic mass is 10.1. The predicted molar refractivity (Wildman–Crippen MR) is 64.8 cm³/mol. The molecule has 0 atom stereocenters. The molecule has 0 unspecified atom stereocenters. The second-order valence-corrected chi connectivity index (χ2v) is 5.14. The van der Waals surface area contributed by atoms with Crippen LogP contribution in [0.2, 0.25) is 5.15 Å². The molecule has 1 aromatic rings. The monoisotopic (exact) mass is 246 g/mol. The van der Waals surface area contributed by atoms with E-state index in [1.165, 1.54) is 0 Å². The first-order valence-corrected chi connectivity index (χ1v) is 5.98. The standard InChI is InChI=1S/C13H11ClN2O/c1-13(4-5-13)17-10-6-11(14)16-9-3-2-8(7-15)12(9)10/h2,6H,3-5H2,1H3. The SMILES string of the molecule is CC1(Oc2cc(Cl)nc3c2C(C#N)=CC3)CC1. The maximum atomic E-state index is 9.09. The summed E-state index contributed by atoms with van der Waals surface area (Å²) in [6.07, 6.45) is 4.63. The molecule has 4 heteroatoms. The molecule has 1 heterocycles. The molecule has 1 aromatic heterocycles. The van der Waals surface area contributed by atoms with Crippen LogP contribution in [0, 0.1) is 11.3 Å². The predicted octanol–water partition coefficient (Wildman–Crippen LogP) is 3.13. The van der Waals surface area contributed by atoms with Gasteiger partial charge in [0.2, 0.25) is 0 Å². The van der Waals surface area contributed by atoms with E-state index in [9.17, 15) is 0 Å².